The second kappa shape index (κ2) is 8.01. The number of para-hydroxylation sites is 1. The third kappa shape index (κ3) is 3.88. The Bertz CT molecular complexity index is 661. The average molecular weight is 370 g/mol. The molecule has 2 amide bonds. The second-order valence-corrected chi connectivity index (χ2v) is 8.32. The number of benzene rings is 1. The van der Waals surface area contributed by atoms with Gasteiger partial charge in [-0.2, -0.15) is 0 Å². The highest BCUT2D eigenvalue weighted by Gasteiger charge is 2.46. The number of anilines is 1. The van der Waals surface area contributed by atoms with E-state index in [4.69, 9.17) is 4.74 Å². The molecule has 0 bridgehead atoms. The molecule has 0 aliphatic carbocycles. The first-order chi connectivity index (χ1) is 13.2. The van der Waals surface area contributed by atoms with Crippen LogP contribution in [0.3, 0.4) is 0 Å². The Kier molecular flexibility index (Phi) is 5.48. The number of carbonyl (C=O) groups excluding carboxylic acids is 2. The molecule has 1 spiro atoms. The van der Waals surface area contributed by atoms with Crippen LogP contribution >= 0.6 is 0 Å². The average Bonchev–Trinajstić information content (AvgIpc) is 2.72. The van der Waals surface area contributed by atoms with Gasteiger partial charge in [-0.25, -0.2) is 0 Å². The van der Waals surface area contributed by atoms with E-state index in [-0.39, 0.29) is 17.2 Å². The largest absolute Gasteiger partial charge is 0.381 e. The van der Waals surface area contributed by atoms with E-state index < -0.39 is 0 Å². The summed E-state index contributed by atoms with van der Waals surface area (Å²) in [4.78, 5) is 30.0. The van der Waals surface area contributed by atoms with Crippen molar-refractivity contribution < 1.29 is 14.3 Å². The number of rotatable bonds is 3. The molecule has 0 unspecified atom stereocenters. The van der Waals surface area contributed by atoms with Gasteiger partial charge >= 0.3 is 0 Å². The number of carbonyl (C=O) groups is 2. The van der Waals surface area contributed by atoms with Crippen molar-refractivity contribution in [1.29, 1.82) is 0 Å². The minimum absolute atomic E-state index is 0.261. The number of hydrogen-bond donors (Lipinski definition) is 0. The van der Waals surface area contributed by atoms with E-state index in [0.717, 1.165) is 77.1 Å². The Morgan fingerprint density at radius 3 is 2.44 bits per heavy atom. The number of hydrogen-bond acceptors (Lipinski definition) is 3. The lowest BCUT2D eigenvalue weighted by atomic mass is 9.71. The van der Waals surface area contributed by atoms with Gasteiger partial charge in [0.1, 0.15) is 0 Å². The highest BCUT2D eigenvalue weighted by atomic mass is 16.5. The van der Waals surface area contributed by atoms with Crippen molar-refractivity contribution in [2.45, 2.75) is 44.9 Å². The summed E-state index contributed by atoms with van der Waals surface area (Å²) in [6.07, 6.45) is 6.22. The van der Waals surface area contributed by atoms with E-state index in [0.29, 0.717) is 12.3 Å². The Balaban J connectivity index is 1.37. The zero-order chi connectivity index (χ0) is 18.7. The van der Waals surface area contributed by atoms with Gasteiger partial charge < -0.3 is 14.5 Å². The summed E-state index contributed by atoms with van der Waals surface area (Å²) in [6, 6.07) is 9.99. The number of amides is 2. The van der Waals surface area contributed by atoms with Gasteiger partial charge in [-0.05, 0) is 56.6 Å². The molecular weight excluding hydrogens is 340 g/mol. The van der Waals surface area contributed by atoms with Crippen LogP contribution in [0.1, 0.15) is 44.9 Å². The first-order valence-corrected chi connectivity index (χ1v) is 10.4. The van der Waals surface area contributed by atoms with Crippen molar-refractivity contribution >= 4 is 17.5 Å². The van der Waals surface area contributed by atoms with Gasteiger partial charge in [0.05, 0.1) is 5.41 Å². The second-order valence-electron chi connectivity index (χ2n) is 8.32. The maximum absolute atomic E-state index is 13.3. The van der Waals surface area contributed by atoms with E-state index in [1.165, 1.54) is 0 Å². The van der Waals surface area contributed by atoms with Crippen LogP contribution in [0.15, 0.2) is 30.3 Å². The van der Waals surface area contributed by atoms with Crippen LogP contribution in [0, 0.1) is 11.3 Å². The van der Waals surface area contributed by atoms with Gasteiger partial charge in [0.25, 0.3) is 0 Å². The van der Waals surface area contributed by atoms with E-state index in [1.807, 2.05) is 40.1 Å². The fourth-order valence-electron chi connectivity index (χ4n) is 4.90. The van der Waals surface area contributed by atoms with Crippen LogP contribution in [0.25, 0.3) is 0 Å². The SMILES string of the molecule is O=C(CC1CCOCC1)N1CCC2(CCCN(c3ccccc3)C2=O)CC1. The number of nitrogens with zero attached hydrogens (tertiary/aromatic N) is 2. The van der Waals surface area contributed by atoms with Gasteiger partial charge in [0.2, 0.25) is 11.8 Å². The first-order valence-electron chi connectivity index (χ1n) is 10.4. The van der Waals surface area contributed by atoms with E-state index in [1.54, 1.807) is 0 Å². The Labute approximate surface area is 161 Å². The molecule has 4 rings (SSSR count). The summed E-state index contributed by atoms with van der Waals surface area (Å²) in [5, 5.41) is 0. The van der Waals surface area contributed by atoms with Crippen molar-refractivity contribution in [3.05, 3.63) is 30.3 Å². The Morgan fingerprint density at radius 1 is 1.04 bits per heavy atom. The van der Waals surface area contributed by atoms with Crippen LogP contribution in [0.5, 0.6) is 0 Å². The minimum Gasteiger partial charge on any atom is -0.381 e. The third-order valence-corrected chi connectivity index (χ3v) is 6.68. The van der Waals surface area contributed by atoms with Gasteiger partial charge in [0.15, 0.2) is 0 Å². The molecule has 3 fully saturated rings. The molecule has 0 aromatic heterocycles. The molecule has 3 aliphatic rings. The highest BCUT2D eigenvalue weighted by Crippen LogP contribution is 2.42. The molecule has 3 saturated heterocycles. The molecule has 0 N–H and O–H groups in total. The molecular formula is C22H30N2O3. The molecule has 5 heteroatoms. The number of likely N-dealkylation sites (tertiary alicyclic amines) is 1. The Morgan fingerprint density at radius 2 is 1.74 bits per heavy atom. The molecule has 1 aromatic rings. The van der Waals surface area contributed by atoms with E-state index in [2.05, 4.69) is 0 Å². The summed E-state index contributed by atoms with van der Waals surface area (Å²) < 4.78 is 5.39. The van der Waals surface area contributed by atoms with Gasteiger partial charge in [-0.1, -0.05) is 18.2 Å². The van der Waals surface area contributed by atoms with Crippen molar-refractivity contribution in [3.63, 3.8) is 0 Å². The number of ether oxygens (including phenoxy) is 1. The molecule has 0 radical (unpaired) electrons. The lowest BCUT2D eigenvalue weighted by Crippen LogP contribution is -2.54. The van der Waals surface area contributed by atoms with Gasteiger partial charge in [-0.15, -0.1) is 0 Å². The van der Waals surface area contributed by atoms with E-state index in [9.17, 15) is 9.59 Å². The summed E-state index contributed by atoms with van der Waals surface area (Å²) in [5.41, 5.74) is 0.725. The smallest absolute Gasteiger partial charge is 0.233 e. The first kappa shape index (κ1) is 18.5. The van der Waals surface area contributed by atoms with Crippen LogP contribution in [-0.2, 0) is 14.3 Å². The zero-order valence-corrected chi connectivity index (χ0v) is 16.1. The molecule has 0 atom stereocenters. The van der Waals surface area contributed by atoms with Crippen LogP contribution < -0.4 is 4.90 Å². The summed E-state index contributed by atoms with van der Waals surface area (Å²) >= 11 is 0. The summed E-state index contributed by atoms with van der Waals surface area (Å²) in [6.45, 7) is 3.81. The van der Waals surface area contributed by atoms with E-state index >= 15 is 0 Å². The monoisotopic (exact) mass is 370 g/mol. The van der Waals surface area contributed by atoms with Crippen molar-refractivity contribution in [2.75, 3.05) is 37.7 Å². The van der Waals surface area contributed by atoms with Crippen molar-refractivity contribution in [2.24, 2.45) is 11.3 Å². The lowest BCUT2D eigenvalue weighted by Gasteiger charge is -2.46. The standard InChI is InChI=1S/C22H30N2O3/c25-20(17-18-7-15-27-16-8-18)23-13-10-22(11-14-23)9-4-12-24(21(22)26)19-5-2-1-3-6-19/h1-3,5-6,18H,4,7-17H2. The maximum Gasteiger partial charge on any atom is 0.233 e. The van der Waals surface area contributed by atoms with Gasteiger partial charge in [0, 0.05) is 45.0 Å². The highest BCUT2D eigenvalue weighted by molar-refractivity contribution is 5.98. The van der Waals surface area contributed by atoms with Crippen LogP contribution in [0.4, 0.5) is 5.69 Å². The molecule has 1 aromatic carbocycles. The molecule has 3 heterocycles. The Hall–Kier alpha value is -1.88. The fourth-order valence-corrected chi connectivity index (χ4v) is 4.90. The summed E-state index contributed by atoms with van der Waals surface area (Å²) in [5.74, 6) is 0.989. The third-order valence-electron chi connectivity index (χ3n) is 6.68. The predicted octanol–water partition coefficient (Wildman–Crippen LogP) is 3.24. The minimum atomic E-state index is -0.274. The predicted molar refractivity (Wildman–Crippen MR) is 104 cm³/mol. The van der Waals surface area contributed by atoms with Gasteiger partial charge in [-0.3, -0.25) is 9.59 Å². The van der Waals surface area contributed by atoms with Crippen molar-refractivity contribution in [3.8, 4) is 0 Å². The lowest BCUT2D eigenvalue weighted by molar-refractivity contribution is -0.141. The van der Waals surface area contributed by atoms with Crippen molar-refractivity contribution in [1.82, 2.24) is 4.90 Å². The molecule has 3 aliphatic heterocycles. The normalized spacial score (nSPS) is 23.6. The molecule has 146 valence electrons. The van der Waals surface area contributed by atoms with Crippen LogP contribution in [-0.4, -0.2) is 49.6 Å². The molecule has 27 heavy (non-hydrogen) atoms. The quantitative estimate of drug-likeness (QED) is 0.821. The fraction of sp³-hybridized carbons (Fsp3) is 0.636. The number of piperidine rings is 2. The summed E-state index contributed by atoms with van der Waals surface area (Å²) in [7, 11) is 0. The maximum atomic E-state index is 13.3. The molecule has 0 saturated carbocycles. The molecule has 5 nitrogen and oxygen atoms in total. The van der Waals surface area contributed by atoms with Crippen LogP contribution in [0.2, 0.25) is 0 Å². The topological polar surface area (TPSA) is 49.9 Å². The zero-order valence-electron chi connectivity index (χ0n) is 16.1.